The van der Waals surface area contributed by atoms with Crippen molar-refractivity contribution >= 4 is 16.6 Å². The molecule has 0 saturated carbocycles. The largest absolute Gasteiger partial charge is 0.496 e. The Morgan fingerprint density at radius 2 is 2.33 bits per heavy atom. The molecule has 0 unspecified atom stereocenters. The number of methoxy groups -OCH3 is 1. The number of hydrogen-bond donors (Lipinski definition) is 2. The molecule has 3 heterocycles. The first-order valence-electron chi connectivity index (χ1n) is 6.21. The van der Waals surface area contributed by atoms with Crippen molar-refractivity contribution in [3.05, 3.63) is 30.1 Å². The van der Waals surface area contributed by atoms with Crippen molar-refractivity contribution < 1.29 is 4.74 Å². The normalized spacial score (nSPS) is 19.9. The average molecular weight is 243 g/mol. The lowest BCUT2D eigenvalue weighted by molar-refractivity contribution is 0.419. The van der Waals surface area contributed by atoms with Gasteiger partial charge in [-0.1, -0.05) is 13.0 Å². The fourth-order valence-electron chi connectivity index (χ4n) is 2.53. The zero-order chi connectivity index (χ0) is 12.5. The second kappa shape index (κ2) is 4.46. The Morgan fingerprint density at radius 1 is 1.44 bits per heavy atom. The molecule has 2 aromatic heterocycles. The number of nitrogens with zero attached hydrogens (tertiary/aromatic N) is 1. The Morgan fingerprint density at radius 3 is 3.11 bits per heavy atom. The van der Waals surface area contributed by atoms with E-state index >= 15 is 0 Å². The molecule has 0 fully saturated rings. The van der Waals surface area contributed by atoms with E-state index in [1.165, 1.54) is 11.1 Å². The first-order chi connectivity index (χ1) is 8.79. The summed E-state index contributed by atoms with van der Waals surface area (Å²) in [5, 5.41) is 4.50. The smallest absolute Gasteiger partial charge is 0.141 e. The number of rotatable bonds is 2. The van der Waals surface area contributed by atoms with Gasteiger partial charge in [-0.2, -0.15) is 0 Å². The minimum atomic E-state index is 0.557. The zero-order valence-electron chi connectivity index (χ0n) is 10.7. The average Bonchev–Trinajstić information content (AvgIpc) is 2.82. The molecule has 4 heteroatoms. The monoisotopic (exact) mass is 243 g/mol. The van der Waals surface area contributed by atoms with Crippen molar-refractivity contribution in [3.8, 4) is 5.75 Å². The molecule has 94 valence electrons. The summed E-state index contributed by atoms with van der Waals surface area (Å²) >= 11 is 0. The van der Waals surface area contributed by atoms with E-state index in [4.69, 9.17) is 4.74 Å². The lowest BCUT2D eigenvalue weighted by Gasteiger charge is -2.19. The van der Waals surface area contributed by atoms with Crippen LogP contribution in [0.2, 0.25) is 0 Å². The SMILES string of the molecule is COc1ccnc2[nH]cc(C3=C[C@@H](C)CNC3)c12. The topological polar surface area (TPSA) is 49.9 Å². The molecule has 1 aliphatic heterocycles. The summed E-state index contributed by atoms with van der Waals surface area (Å²) in [5.74, 6) is 1.43. The molecule has 0 bridgehead atoms. The van der Waals surface area contributed by atoms with Crippen LogP contribution >= 0.6 is 0 Å². The number of hydrogen-bond acceptors (Lipinski definition) is 3. The van der Waals surface area contributed by atoms with Crippen LogP contribution in [0.3, 0.4) is 0 Å². The minimum absolute atomic E-state index is 0.557. The highest BCUT2D eigenvalue weighted by molar-refractivity contribution is 5.95. The Kier molecular flexibility index (Phi) is 2.80. The summed E-state index contributed by atoms with van der Waals surface area (Å²) in [6, 6.07) is 1.90. The molecule has 0 amide bonds. The lowest BCUT2D eigenvalue weighted by atomic mass is 9.97. The van der Waals surface area contributed by atoms with Gasteiger partial charge in [-0.25, -0.2) is 4.98 Å². The second-order valence-corrected chi connectivity index (χ2v) is 4.74. The number of aromatic nitrogens is 2. The van der Waals surface area contributed by atoms with Crippen LogP contribution in [0.4, 0.5) is 0 Å². The lowest BCUT2D eigenvalue weighted by Crippen LogP contribution is -2.26. The van der Waals surface area contributed by atoms with Gasteiger partial charge in [0, 0.05) is 31.0 Å². The van der Waals surface area contributed by atoms with Gasteiger partial charge in [0.25, 0.3) is 0 Å². The van der Waals surface area contributed by atoms with E-state index in [1.807, 2.05) is 12.3 Å². The molecule has 0 saturated heterocycles. The van der Waals surface area contributed by atoms with E-state index < -0.39 is 0 Å². The van der Waals surface area contributed by atoms with Crippen molar-refractivity contribution in [3.63, 3.8) is 0 Å². The van der Waals surface area contributed by atoms with Crippen LogP contribution in [0, 0.1) is 5.92 Å². The number of ether oxygens (including phenoxy) is 1. The van der Waals surface area contributed by atoms with Gasteiger partial charge >= 0.3 is 0 Å². The third kappa shape index (κ3) is 1.78. The van der Waals surface area contributed by atoms with Gasteiger partial charge in [-0.15, -0.1) is 0 Å². The molecule has 4 nitrogen and oxygen atoms in total. The molecule has 2 aromatic rings. The van der Waals surface area contributed by atoms with Gasteiger partial charge in [0.2, 0.25) is 0 Å². The van der Waals surface area contributed by atoms with Gasteiger partial charge in [0.1, 0.15) is 11.4 Å². The maximum atomic E-state index is 5.44. The van der Waals surface area contributed by atoms with Crippen LogP contribution in [0.25, 0.3) is 16.6 Å². The summed E-state index contributed by atoms with van der Waals surface area (Å²) in [6.45, 7) is 4.16. The Labute approximate surface area is 106 Å². The predicted molar refractivity (Wildman–Crippen MR) is 72.7 cm³/mol. The molecule has 2 N–H and O–H groups in total. The van der Waals surface area contributed by atoms with Crippen LogP contribution in [0.1, 0.15) is 12.5 Å². The summed E-state index contributed by atoms with van der Waals surface area (Å²) in [5.41, 5.74) is 3.38. The van der Waals surface area contributed by atoms with E-state index in [2.05, 4.69) is 28.3 Å². The predicted octanol–water partition coefficient (Wildman–Crippen LogP) is 2.19. The number of nitrogens with one attached hydrogen (secondary N) is 2. The van der Waals surface area contributed by atoms with Crippen molar-refractivity contribution in [2.75, 3.05) is 20.2 Å². The molecule has 0 aromatic carbocycles. The molecule has 1 aliphatic rings. The molecule has 3 rings (SSSR count). The summed E-state index contributed by atoms with van der Waals surface area (Å²) < 4.78 is 5.44. The van der Waals surface area contributed by atoms with Gasteiger partial charge in [-0.3, -0.25) is 0 Å². The summed E-state index contributed by atoms with van der Waals surface area (Å²) in [6.07, 6.45) is 6.11. The van der Waals surface area contributed by atoms with Gasteiger partial charge in [0.05, 0.1) is 12.5 Å². The molecule has 0 radical (unpaired) electrons. The first-order valence-corrected chi connectivity index (χ1v) is 6.21. The van der Waals surface area contributed by atoms with Crippen LogP contribution < -0.4 is 10.1 Å². The molecule has 0 aliphatic carbocycles. The van der Waals surface area contributed by atoms with Crippen LogP contribution in [0.5, 0.6) is 5.75 Å². The fourth-order valence-corrected chi connectivity index (χ4v) is 2.53. The molecule has 0 spiro atoms. The maximum absolute atomic E-state index is 5.44. The highest BCUT2D eigenvalue weighted by Gasteiger charge is 2.16. The van der Waals surface area contributed by atoms with Crippen LogP contribution in [-0.2, 0) is 0 Å². The van der Waals surface area contributed by atoms with Gasteiger partial charge < -0.3 is 15.0 Å². The molecular formula is C14H17N3O. The standard InChI is InChI=1S/C14H17N3O/c1-9-5-10(7-15-6-9)11-8-17-14-13(11)12(18-2)3-4-16-14/h3-5,8-9,15H,6-7H2,1-2H3,(H,16,17)/t9-/m1/s1. The Hall–Kier alpha value is -1.81. The van der Waals surface area contributed by atoms with E-state index in [-0.39, 0.29) is 0 Å². The highest BCUT2D eigenvalue weighted by Crippen LogP contribution is 2.32. The van der Waals surface area contributed by atoms with E-state index in [1.54, 1.807) is 13.3 Å². The van der Waals surface area contributed by atoms with Crippen molar-refractivity contribution in [2.45, 2.75) is 6.92 Å². The van der Waals surface area contributed by atoms with Crippen LogP contribution in [0.15, 0.2) is 24.5 Å². The van der Waals surface area contributed by atoms with Crippen LogP contribution in [-0.4, -0.2) is 30.2 Å². The molecule has 1 atom stereocenters. The van der Waals surface area contributed by atoms with E-state index in [9.17, 15) is 0 Å². The third-order valence-corrected chi connectivity index (χ3v) is 3.37. The fraction of sp³-hybridized carbons (Fsp3) is 0.357. The summed E-state index contributed by atoms with van der Waals surface area (Å²) in [4.78, 5) is 7.56. The third-order valence-electron chi connectivity index (χ3n) is 3.37. The quantitative estimate of drug-likeness (QED) is 0.850. The highest BCUT2D eigenvalue weighted by atomic mass is 16.5. The van der Waals surface area contributed by atoms with Gasteiger partial charge in [0.15, 0.2) is 0 Å². The summed E-state index contributed by atoms with van der Waals surface area (Å²) in [7, 11) is 1.70. The van der Waals surface area contributed by atoms with Crippen molar-refractivity contribution in [1.29, 1.82) is 0 Å². The number of fused-ring (bicyclic) bond motifs is 1. The number of pyridine rings is 1. The first kappa shape index (κ1) is 11.3. The van der Waals surface area contributed by atoms with Gasteiger partial charge in [-0.05, 0) is 17.6 Å². The Bertz CT molecular complexity index is 600. The van der Waals surface area contributed by atoms with Crippen molar-refractivity contribution in [2.24, 2.45) is 5.92 Å². The molecule has 18 heavy (non-hydrogen) atoms. The Balaban J connectivity index is 2.17. The second-order valence-electron chi connectivity index (χ2n) is 4.74. The maximum Gasteiger partial charge on any atom is 0.141 e. The van der Waals surface area contributed by atoms with Crippen molar-refractivity contribution in [1.82, 2.24) is 15.3 Å². The number of H-pyrrole nitrogens is 1. The van der Waals surface area contributed by atoms with E-state index in [0.717, 1.165) is 29.9 Å². The van der Waals surface area contributed by atoms with E-state index in [0.29, 0.717) is 5.92 Å². The zero-order valence-corrected chi connectivity index (χ0v) is 10.7. The minimum Gasteiger partial charge on any atom is -0.496 e. The molecular weight excluding hydrogens is 226 g/mol. The number of aromatic amines is 1.